The molecule has 1 aromatic heterocycles. The predicted molar refractivity (Wildman–Crippen MR) is 130 cm³/mol. The zero-order valence-corrected chi connectivity index (χ0v) is 20.5. The molecule has 0 N–H and O–H groups in total. The van der Waals surface area contributed by atoms with E-state index in [1.807, 2.05) is 0 Å². The molecular formula is C28H45NO3. The molecule has 0 aromatic carbocycles. The largest absolute Gasteiger partial charge is 0.478 e. The highest BCUT2D eigenvalue weighted by Crippen LogP contribution is 2.38. The topological polar surface area (TPSA) is 48.4 Å². The van der Waals surface area contributed by atoms with Crippen molar-refractivity contribution in [1.29, 1.82) is 0 Å². The number of nitrogens with zero attached hydrogens (tertiary/aromatic N) is 1. The first kappa shape index (κ1) is 25.1. The van der Waals surface area contributed by atoms with Crippen LogP contribution in [-0.4, -0.2) is 17.6 Å². The number of carbonyl (C=O) groups is 1. The maximum absolute atomic E-state index is 12.6. The summed E-state index contributed by atoms with van der Waals surface area (Å²) in [4.78, 5) is 16.8. The first-order valence-electron chi connectivity index (χ1n) is 13.5. The van der Waals surface area contributed by atoms with Crippen molar-refractivity contribution in [3.63, 3.8) is 0 Å². The smallest absolute Gasteiger partial charge is 0.314 e. The van der Waals surface area contributed by atoms with Gasteiger partial charge in [-0.25, -0.2) is 4.98 Å². The number of esters is 1. The van der Waals surface area contributed by atoms with E-state index in [0.717, 1.165) is 37.0 Å². The van der Waals surface area contributed by atoms with Gasteiger partial charge in [0.05, 0.1) is 18.7 Å². The highest BCUT2D eigenvalue weighted by molar-refractivity contribution is 5.75. The summed E-state index contributed by atoms with van der Waals surface area (Å²) in [6.45, 7) is 5.01. The number of pyridine rings is 1. The summed E-state index contributed by atoms with van der Waals surface area (Å²) >= 11 is 0. The Morgan fingerprint density at radius 3 is 2.03 bits per heavy atom. The van der Waals surface area contributed by atoms with Gasteiger partial charge in [0.2, 0.25) is 5.88 Å². The van der Waals surface area contributed by atoms with Gasteiger partial charge >= 0.3 is 5.97 Å². The fourth-order valence-electron chi connectivity index (χ4n) is 5.57. The second-order valence-corrected chi connectivity index (χ2v) is 10.3. The fourth-order valence-corrected chi connectivity index (χ4v) is 5.57. The molecule has 2 saturated carbocycles. The van der Waals surface area contributed by atoms with Crippen molar-refractivity contribution < 1.29 is 14.3 Å². The van der Waals surface area contributed by atoms with Gasteiger partial charge in [-0.05, 0) is 55.9 Å². The van der Waals surface area contributed by atoms with Crippen molar-refractivity contribution >= 4 is 5.97 Å². The average Bonchev–Trinajstić information content (AvgIpc) is 2.83. The summed E-state index contributed by atoms with van der Waals surface area (Å²) in [6, 6.07) is 3.55. The van der Waals surface area contributed by atoms with E-state index in [1.165, 1.54) is 77.0 Å². The van der Waals surface area contributed by atoms with Gasteiger partial charge in [0, 0.05) is 6.07 Å². The van der Waals surface area contributed by atoms with Crippen LogP contribution in [-0.2, 0) is 4.79 Å². The van der Waals surface area contributed by atoms with Crippen molar-refractivity contribution in [1.82, 2.24) is 4.98 Å². The first-order chi connectivity index (χ1) is 15.7. The van der Waals surface area contributed by atoms with Crippen LogP contribution in [0, 0.1) is 23.7 Å². The Morgan fingerprint density at radius 2 is 1.47 bits per heavy atom. The lowest BCUT2D eigenvalue weighted by Crippen LogP contribution is -2.26. The molecule has 4 nitrogen and oxygen atoms in total. The third-order valence-corrected chi connectivity index (χ3v) is 7.73. The van der Waals surface area contributed by atoms with Gasteiger partial charge in [0.15, 0.2) is 0 Å². The molecule has 0 bridgehead atoms. The summed E-state index contributed by atoms with van der Waals surface area (Å²) in [7, 11) is 0. The van der Waals surface area contributed by atoms with E-state index in [1.54, 1.807) is 18.3 Å². The third kappa shape index (κ3) is 8.41. The second kappa shape index (κ2) is 13.9. The monoisotopic (exact) mass is 443 g/mol. The molecule has 0 atom stereocenters. The lowest BCUT2D eigenvalue weighted by atomic mass is 9.75. The molecule has 0 radical (unpaired) electrons. The van der Waals surface area contributed by atoms with Crippen molar-refractivity contribution in [2.45, 2.75) is 110 Å². The number of carbonyl (C=O) groups excluding carboxylic acids is 1. The lowest BCUT2D eigenvalue weighted by molar-refractivity contribution is -0.140. The van der Waals surface area contributed by atoms with Crippen molar-refractivity contribution in [2.75, 3.05) is 6.61 Å². The Balaban J connectivity index is 1.29. The SMILES string of the molecule is CCCCCC1CCC(CCC2CCC(C(=O)Oc3ccc(OCCC)nc3)CC2)CC1. The van der Waals surface area contributed by atoms with E-state index in [0.29, 0.717) is 18.2 Å². The van der Waals surface area contributed by atoms with E-state index in [-0.39, 0.29) is 11.9 Å². The summed E-state index contributed by atoms with van der Waals surface area (Å²) in [6.07, 6.45) is 21.1. The Labute approximate surface area is 195 Å². The summed E-state index contributed by atoms with van der Waals surface area (Å²) < 4.78 is 11.1. The van der Waals surface area contributed by atoms with Crippen LogP contribution < -0.4 is 9.47 Å². The van der Waals surface area contributed by atoms with Crippen LogP contribution >= 0.6 is 0 Å². The maximum Gasteiger partial charge on any atom is 0.314 e. The number of hydrogen-bond donors (Lipinski definition) is 0. The number of ether oxygens (including phenoxy) is 2. The molecule has 1 heterocycles. The van der Waals surface area contributed by atoms with E-state index in [2.05, 4.69) is 18.8 Å². The molecule has 2 fully saturated rings. The Morgan fingerprint density at radius 1 is 0.844 bits per heavy atom. The van der Waals surface area contributed by atoms with Crippen LogP contribution in [0.4, 0.5) is 0 Å². The van der Waals surface area contributed by atoms with Crippen LogP contribution in [0.1, 0.15) is 110 Å². The van der Waals surface area contributed by atoms with Gasteiger partial charge in [0.25, 0.3) is 0 Å². The number of unbranched alkanes of at least 4 members (excludes halogenated alkanes) is 2. The fraction of sp³-hybridized carbons (Fsp3) is 0.786. The molecule has 0 spiro atoms. The third-order valence-electron chi connectivity index (χ3n) is 7.73. The van der Waals surface area contributed by atoms with Gasteiger partial charge in [-0.3, -0.25) is 4.79 Å². The highest BCUT2D eigenvalue weighted by atomic mass is 16.5. The maximum atomic E-state index is 12.6. The number of hydrogen-bond acceptors (Lipinski definition) is 4. The average molecular weight is 444 g/mol. The molecule has 2 aliphatic carbocycles. The van der Waals surface area contributed by atoms with Crippen LogP contribution in [0.5, 0.6) is 11.6 Å². The minimum absolute atomic E-state index is 0.0424. The van der Waals surface area contributed by atoms with E-state index in [4.69, 9.17) is 9.47 Å². The molecular weight excluding hydrogens is 398 g/mol. The molecule has 32 heavy (non-hydrogen) atoms. The van der Waals surface area contributed by atoms with Crippen molar-refractivity contribution in [3.05, 3.63) is 18.3 Å². The number of rotatable bonds is 12. The van der Waals surface area contributed by atoms with Gasteiger partial charge in [-0.1, -0.05) is 78.1 Å². The summed E-state index contributed by atoms with van der Waals surface area (Å²) in [5.41, 5.74) is 0. The molecule has 0 amide bonds. The van der Waals surface area contributed by atoms with E-state index in [9.17, 15) is 4.79 Å². The minimum atomic E-state index is -0.0890. The van der Waals surface area contributed by atoms with Crippen LogP contribution in [0.25, 0.3) is 0 Å². The van der Waals surface area contributed by atoms with Gasteiger partial charge in [0.1, 0.15) is 5.75 Å². The van der Waals surface area contributed by atoms with Crippen LogP contribution in [0.3, 0.4) is 0 Å². The highest BCUT2D eigenvalue weighted by Gasteiger charge is 2.29. The standard InChI is InChI=1S/C28H45NO3/c1-3-5-6-7-22-8-10-23(11-9-22)12-13-24-14-16-25(17-15-24)28(30)32-26-18-19-27(29-21-26)31-20-4-2/h18-19,21-25H,3-17,20H2,1-2H3. The van der Waals surface area contributed by atoms with Crippen LogP contribution in [0.15, 0.2) is 18.3 Å². The normalized spacial score (nSPS) is 25.9. The van der Waals surface area contributed by atoms with Crippen molar-refractivity contribution in [2.24, 2.45) is 23.7 Å². The van der Waals surface area contributed by atoms with Gasteiger partial charge < -0.3 is 9.47 Å². The van der Waals surface area contributed by atoms with Crippen LogP contribution in [0.2, 0.25) is 0 Å². The van der Waals surface area contributed by atoms with E-state index < -0.39 is 0 Å². The molecule has 0 saturated heterocycles. The lowest BCUT2D eigenvalue weighted by Gasteiger charge is -2.31. The summed E-state index contributed by atoms with van der Waals surface area (Å²) in [5.74, 6) is 3.82. The molecule has 180 valence electrons. The Hall–Kier alpha value is -1.58. The molecule has 4 heteroatoms. The molecule has 2 aliphatic rings. The zero-order chi connectivity index (χ0) is 22.6. The molecule has 0 unspecified atom stereocenters. The molecule has 0 aliphatic heterocycles. The quantitative estimate of drug-likeness (QED) is 0.245. The van der Waals surface area contributed by atoms with Crippen molar-refractivity contribution in [3.8, 4) is 11.6 Å². The van der Waals surface area contributed by atoms with Gasteiger partial charge in [-0.15, -0.1) is 0 Å². The van der Waals surface area contributed by atoms with E-state index >= 15 is 0 Å². The second-order valence-electron chi connectivity index (χ2n) is 10.3. The number of aromatic nitrogens is 1. The summed E-state index contributed by atoms with van der Waals surface area (Å²) in [5, 5.41) is 0. The zero-order valence-electron chi connectivity index (χ0n) is 20.5. The van der Waals surface area contributed by atoms with Gasteiger partial charge in [-0.2, -0.15) is 0 Å². The molecule has 3 rings (SSSR count). The Kier molecular flexibility index (Phi) is 10.8. The predicted octanol–water partition coefficient (Wildman–Crippen LogP) is 7.75. The first-order valence-corrected chi connectivity index (χ1v) is 13.5. The molecule has 1 aromatic rings. The minimum Gasteiger partial charge on any atom is -0.478 e. The Bertz CT molecular complexity index is 643.